The summed E-state index contributed by atoms with van der Waals surface area (Å²) in [5, 5.41) is 15.0. The zero-order chi connectivity index (χ0) is 14.7. The van der Waals surface area contributed by atoms with E-state index >= 15 is 0 Å². The van der Waals surface area contributed by atoms with Crippen molar-refractivity contribution in [2.45, 2.75) is 24.7 Å². The zero-order valence-corrected chi connectivity index (χ0v) is 11.3. The Morgan fingerprint density at radius 3 is 3.00 bits per heavy atom. The van der Waals surface area contributed by atoms with Crippen LogP contribution in [0.5, 0.6) is 0 Å². The Hall–Kier alpha value is -1.24. The van der Waals surface area contributed by atoms with Crippen LogP contribution in [-0.2, 0) is 4.79 Å². The van der Waals surface area contributed by atoms with Crippen molar-refractivity contribution in [3.8, 4) is 0 Å². The summed E-state index contributed by atoms with van der Waals surface area (Å²) >= 11 is 5.62. The lowest BCUT2D eigenvalue weighted by atomic mass is 10.1. The first kappa shape index (κ1) is 15.2. The number of aliphatic hydroxyl groups excluding tert-OH is 1. The molecule has 1 saturated heterocycles. The van der Waals surface area contributed by atoms with Crippen molar-refractivity contribution in [3.63, 3.8) is 0 Å². The highest BCUT2D eigenvalue weighted by Crippen LogP contribution is 2.23. The van der Waals surface area contributed by atoms with Gasteiger partial charge in [-0.2, -0.15) is 0 Å². The molecule has 7 heteroatoms. The third-order valence-corrected chi connectivity index (χ3v) is 3.50. The van der Waals surface area contributed by atoms with Gasteiger partial charge in [0.05, 0.1) is 17.2 Å². The van der Waals surface area contributed by atoms with Crippen molar-refractivity contribution in [2.75, 3.05) is 13.1 Å². The number of hydrogen-bond donors (Lipinski definition) is 3. The van der Waals surface area contributed by atoms with Gasteiger partial charge in [-0.1, -0.05) is 23.7 Å². The van der Waals surface area contributed by atoms with Crippen LogP contribution in [0.25, 0.3) is 0 Å². The number of benzene rings is 1. The molecule has 1 aliphatic rings. The van der Waals surface area contributed by atoms with Gasteiger partial charge in [-0.3, -0.25) is 4.79 Å². The minimum Gasteiger partial charge on any atom is -0.386 e. The Kier molecular flexibility index (Phi) is 4.91. The van der Waals surface area contributed by atoms with Crippen molar-refractivity contribution >= 4 is 17.5 Å². The molecule has 110 valence electrons. The summed E-state index contributed by atoms with van der Waals surface area (Å²) in [7, 11) is 0. The second-order valence-electron chi connectivity index (χ2n) is 4.70. The predicted octanol–water partition coefficient (Wildman–Crippen LogP) is 1.33. The molecule has 1 aliphatic heterocycles. The Bertz CT molecular complexity index is 501. The van der Waals surface area contributed by atoms with Crippen LogP contribution in [0.3, 0.4) is 0 Å². The minimum absolute atomic E-state index is 0.0144. The number of aliphatic hydroxyl groups is 1. The first-order valence-electron chi connectivity index (χ1n) is 6.26. The molecule has 1 aromatic rings. The first-order valence-corrected chi connectivity index (χ1v) is 6.64. The van der Waals surface area contributed by atoms with Crippen LogP contribution in [0, 0.1) is 5.82 Å². The average Bonchev–Trinajstić information content (AvgIpc) is 2.85. The largest absolute Gasteiger partial charge is 0.386 e. The van der Waals surface area contributed by atoms with Crippen molar-refractivity contribution in [1.29, 1.82) is 0 Å². The lowest BCUT2D eigenvalue weighted by Gasteiger charge is -2.15. The number of carbonyl (C=O) groups is 1. The van der Waals surface area contributed by atoms with Crippen LogP contribution in [-0.4, -0.2) is 36.3 Å². The lowest BCUT2D eigenvalue weighted by Crippen LogP contribution is -2.42. The molecule has 1 heterocycles. The molecule has 2 rings (SSSR count). The molecule has 0 spiro atoms. The molecule has 4 nitrogen and oxygen atoms in total. The fourth-order valence-corrected chi connectivity index (χ4v) is 2.28. The number of amides is 1. The van der Waals surface area contributed by atoms with E-state index in [1.165, 1.54) is 18.2 Å². The summed E-state index contributed by atoms with van der Waals surface area (Å²) in [6.45, 7) is -0.0191. The van der Waals surface area contributed by atoms with E-state index in [-0.39, 0.29) is 30.1 Å². The molecule has 0 aliphatic carbocycles. The van der Waals surface area contributed by atoms with E-state index in [2.05, 4.69) is 10.6 Å². The molecule has 1 fully saturated rings. The smallest absolute Gasteiger partial charge is 0.237 e. The predicted molar refractivity (Wildman–Crippen MR) is 70.7 cm³/mol. The number of alkyl halides is 1. The Morgan fingerprint density at radius 2 is 2.35 bits per heavy atom. The molecule has 0 unspecified atom stereocenters. The molecule has 3 atom stereocenters. The molecule has 1 aromatic carbocycles. The van der Waals surface area contributed by atoms with Crippen LogP contribution in [0.1, 0.15) is 18.1 Å². The Labute approximate surface area is 120 Å². The molecular formula is C13H15ClF2N2O2. The zero-order valence-electron chi connectivity index (χ0n) is 10.6. The standard InChI is InChI=1S/C13H15ClF2N2O2/c14-9-3-1-2-8(12(9)16)11(19)6-18-13(20)10-4-7(15)5-17-10/h1-3,7,10-11,17,19H,4-6H2,(H,18,20)/t7-,10+,11-/m1/s1. The summed E-state index contributed by atoms with van der Waals surface area (Å²) in [5.41, 5.74) is 0.0144. The molecule has 0 bridgehead atoms. The molecule has 0 aromatic heterocycles. The Morgan fingerprint density at radius 1 is 1.60 bits per heavy atom. The normalized spacial score (nSPS) is 23.6. The molecule has 20 heavy (non-hydrogen) atoms. The highest BCUT2D eigenvalue weighted by atomic mass is 35.5. The van der Waals surface area contributed by atoms with Gasteiger partial charge in [-0.05, 0) is 6.07 Å². The van der Waals surface area contributed by atoms with Gasteiger partial charge in [-0.25, -0.2) is 8.78 Å². The van der Waals surface area contributed by atoms with Gasteiger partial charge in [0.15, 0.2) is 0 Å². The highest BCUT2D eigenvalue weighted by molar-refractivity contribution is 6.30. The maximum atomic E-state index is 13.7. The van der Waals surface area contributed by atoms with Crippen molar-refractivity contribution < 1.29 is 18.7 Å². The van der Waals surface area contributed by atoms with Gasteiger partial charge in [0.1, 0.15) is 12.0 Å². The molecular weight excluding hydrogens is 290 g/mol. The summed E-state index contributed by atoms with van der Waals surface area (Å²) in [5.74, 6) is -1.12. The number of rotatable bonds is 4. The van der Waals surface area contributed by atoms with Gasteiger partial charge in [-0.15, -0.1) is 0 Å². The van der Waals surface area contributed by atoms with Gasteiger partial charge >= 0.3 is 0 Å². The van der Waals surface area contributed by atoms with Crippen molar-refractivity contribution in [2.24, 2.45) is 0 Å². The third kappa shape index (κ3) is 3.45. The van der Waals surface area contributed by atoms with Crippen molar-refractivity contribution in [3.05, 3.63) is 34.6 Å². The van der Waals surface area contributed by atoms with Crippen LogP contribution in [0.2, 0.25) is 5.02 Å². The summed E-state index contributed by atoms with van der Waals surface area (Å²) < 4.78 is 26.6. The average molecular weight is 305 g/mol. The fourth-order valence-electron chi connectivity index (χ4n) is 2.10. The number of halogens is 3. The van der Waals surface area contributed by atoms with E-state index < -0.39 is 30.0 Å². The van der Waals surface area contributed by atoms with Crippen LogP contribution in [0.15, 0.2) is 18.2 Å². The molecule has 0 radical (unpaired) electrons. The van der Waals surface area contributed by atoms with E-state index in [0.717, 1.165) is 0 Å². The molecule has 0 saturated carbocycles. The van der Waals surface area contributed by atoms with Crippen LogP contribution in [0.4, 0.5) is 8.78 Å². The van der Waals surface area contributed by atoms with Crippen LogP contribution >= 0.6 is 11.6 Å². The first-order chi connectivity index (χ1) is 9.49. The quantitative estimate of drug-likeness (QED) is 0.786. The van der Waals surface area contributed by atoms with Gasteiger partial charge < -0.3 is 15.7 Å². The lowest BCUT2D eigenvalue weighted by molar-refractivity contribution is -0.123. The highest BCUT2D eigenvalue weighted by Gasteiger charge is 2.29. The summed E-state index contributed by atoms with van der Waals surface area (Å²) in [6, 6.07) is 3.66. The minimum atomic E-state index is -1.21. The molecule has 3 N–H and O–H groups in total. The molecule has 1 amide bonds. The topological polar surface area (TPSA) is 61.4 Å². The second kappa shape index (κ2) is 6.47. The fraction of sp³-hybridized carbons (Fsp3) is 0.462. The van der Waals surface area contributed by atoms with Gasteiger partial charge in [0.2, 0.25) is 5.91 Å². The SMILES string of the molecule is O=C(NC[C@@H](O)c1cccc(Cl)c1F)[C@@H]1C[C@@H](F)CN1. The van der Waals surface area contributed by atoms with E-state index in [4.69, 9.17) is 11.6 Å². The van der Waals surface area contributed by atoms with E-state index in [0.29, 0.717) is 0 Å². The summed E-state index contributed by atoms with van der Waals surface area (Å²) in [6.07, 6.45) is -2.14. The van der Waals surface area contributed by atoms with E-state index in [9.17, 15) is 18.7 Å². The van der Waals surface area contributed by atoms with Gasteiger partial charge in [0, 0.05) is 25.1 Å². The Balaban J connectivity index is 1.90. The maximum absolute atomic E-state index is 13.7. The number of nitrogens with one attached hydrogen (secondary N) is 2. The van der Waals surface area contributed by atoms with E-state index in [1.54, 1.807) is 0 Å². The third-order valence-electron chi connectivity index (χ3n) is 3.20. The second-order valence-corrected chi connectivity index (χ2v) is 5.11. The maximum Gasteiger partial charge on any atom is 0.237 e. The van der Waals surface area contributed by atoms with Crippen LogP contribution < -0.4 is 10.6 Å². The van der Waals surface area contributed by atoms with Crippen molar-refractivity contribution in [1.82, 2.24) is 10.6 Å². The van der Waals surface area contributed by atoms with E-state index in [1.807, 2.05) is 0 Å². The number of carbonyl (C=O) groups excluding carboxylic acids is 1. The monoisotopic (exact) mass is 304 g/mol. The number of hydrogen-bond acceptors (Lipinski definition) is 3. The summed E-state index contributed by atoms with van der Waals surface area (Å²) in [4.78, 5) is 11.7. The van der Waals surface area contributed by atoms with Gasteiger partial charge in [0.25, 0.3) is 0 Å².